The number of aromatic nitrogens is 1. The molecule has 1 N–H and O–H groups in total. The van der Waals surface area contributed by atoms with Crippen LogP contribution < -0.4 is 9.80 Å². The van der Waals surface area contributed by atoms with Crippen molar-refractivity contribution in [3.63, 3.8) is 0 Å². The number of hydrogen-bond donors (Lipinski definition) is 1. The van der Waals surface area contributed by atoms with Crippen LogP contribution in [0.25, 0.3) is 0 Å². The van der Waals surface area contributed by atoms with E-state index in [1.807, 2.05) is 54.3 Å². The number of amides is 1. The fourth-order valence-corrected chi connectivity index (χ4v) is 6.99. The molecule has 5 rings (SSSR count). The number of piperazine rings is 1. The van der Waals surface area contributed by atoms with Crippen molar-refractivity contribution in [2.75, 3.05) is 55.3 Å². The topological polar surface area (TPSA) is 104 Å². The summed E-state index contributed by atoms with van der Waals surface area (Å²) in [4.78, 5) is 25.4. The zero-order valence-electron chi connectivity index (χ0n) is 24.1. The van der Waals surface area contributed by atoms with Gasteiger partial charge in [-0.05, 0) is 74.4 Å². The van der Waals surface area contributed by atoms with Crippen LogP contribution in [0.2, 0.25) is 0 Å². The molecule has 2 aliphatic rings. The average Bonchev–Trinajstić information content (AvgIpc) is 2.98. The Morgan fingerprint density at radius 3 is 2.22 bits per heavy atom. The second kappa shape index (κ2) is 11.9. The number of pyridine rings is 1. The Kier molecular flexibility index (Phi) is 8.32. The van der Waals surface area contributed by atoms with Crippen LogP contribution >= 0.6 is 0 Å². The molecule has 1 atom stereocenters. The SMILES string of the molecule is Cc1cc(C)c(C(=O)N2CCN(c3ccccc3[S@@](C)(=N)=O)CC2)nc1CC1CCN(c2ccccc2C#N)CC1. The van der Waals surface area contributed by atoms with E-state index < -0.39 is 9.73 Å². The van der Waals surface area contributed by atoms with Crippen molar-refractivity contribution in [2.24, 2.45) is 5.92 Å². The van der Waals surface area contributed by atoms with Gasteiger partial charge in [-0.25, -0.2) is 14.0 Å². The Labute approximate surface area is 243 Å². The fourth-order valence-electron chi connectivity index (χ4n) is 6.05. The smallest absolute Gasteiger partial charge is 0.272 e. The highest BCUT2D eigenvalue weighted by atomic mass is 32.2. The minimum Gasteiger partial charge on any atom is -0.370 e. The molecule has 1 aromatic heterocycles. The number of rotatable bonds is 6. The van der Waals surface area contributed by atoms with Crippen LogP contribution in [0.4, 0.5) is 11.4 Å². The average molecular weight is 571 g/mol. The van der Waals surface area contributed by atoms with Gasteiger partial charge in [0.15, 0.2) is 0 Å². The number of nitriles is 1. The number of aryl methyl sites for hydroxylation is 2. The molecule has 0 spiro atoms. The van der Waals surface area contributed by atoms with Crippen LogP contribution in [0.3, 0.4) is 0 Å². The van der Waals surface area contributed by atoms with Gasteiger partial charge in [0.2, 0.25) is 0 Å². The van der Waals surface area contributed by atoms with E-state index in [0.717, 1.165) is 66.1 Å². The van der Waals surface area contributed by atoms with Crippen molar-refractivity contribution in [3.05, 3.63) is 82.7 Å². The third-order valence-electron chi connectivity index (χ3n) is 8.37. The molecule has 1 amide bonds. The maximum atomic E-state index is 13.6. The predicted molar refractivity (Wildman–Crippen MR) is 163 cm³/mol. The Morgan fingerprint density at radius 1 is 0.951 bits per heavy atom. The van der Waals surface area contributed by atoms with Gasteiger partial charge in [0, 0.05) is 51.2 Å². The van der Waals surface area contributed by atoms with Crippen molar-refractivity contribution in [2.45, 2.75) is 38.0 Å². The summed E-state index contributed by atoms with van der Waals surface area (Å²) < 4.78 is 20.6. The first-order chi connectivity index (χ1) is 19.7. The highest BCUT2D eigenvalue weighted by Gasteiger charge is 2.28. The van der Waals surface area contributed by atoms with E-state index in [-0.39, 0.29) is 5.91 Å². The lowest BCUT2D eigenvalue weighted by Gasteiger charge is -2.37. The second-order valence-corrected chi connectivity index (χ2v) is 13.4. The number of benzene rings is 2. The van der Waals surface area contributed by atoms with Gasteiger partial charge < -0.3 is 14.7 Å². The van der Waals surface area contributed by atoms with Crippen molar-refractivity contribution in [3.8, 4) is 6.07 Å². The molecule has 8 nitrogen and oxygen atoms in total. The number of hydrogen-bond acceptors (Lipinski definition) is 7. The van der Waals surface area contributed by atoms with Crippen molar-refractivity contribution in [1.82, 2.24) is 9.88 Å². The number of para-hydroxylation sites is 2. The standard InChI is InChI=1S/C32H38N6O2S/c1-23-20-24(2)31(32(39)38-18-16-37(17-19-38)29-10-6-7-11-30(29)41(3,34)40)35-27(23)21-25-12-14-36(15-13-25)28-9-5-4-8-26(28)22-33/h4-11,20,25,34H,12-19,21H2,1-3H3/t41-/m0/s1. The van der Waals surface area contributed by atoms with Gasteiger partial charge in [-0.1, -0.05) is 30.3 Å². The van der Waals surface area contributed by atoms with Gasteiger partial charge in [-0.15, -0.1) is 0 Å². The third-order valence-corrected chi connectivity index (χ3v) is 9.55. The molecule has 2 aromatic carbocycles. The fraction of sp³-hybridized carbons (Fsp3) is 0.406. The quantitative estimate of drug-likeness (QED) is 0.446. The Hall–Kier alpha value is -3.90. The zero-order chi connectivity index (χ0) is 29.1. The predicted octanol–water partition coefficient (Wildman–Crippen LogP) is 5.03. The van der Waals surface area contributed by atoms with Crippen LogP contribution in [-0.4, -0.2) is 65.5 Å². The molecular formula is C32H38N6O2S. The number of anilines is 2. The summed E-state index contributed by atoms with van der Waals surface area (Å²) in [5.74, 6) is 0.436. The highest BCUT2D eigenvalue weighted by molar-refractivity contribution is 7.91. The molecule has 214 valence electrons. The summed E-state index contributed by atoms with van der Waals surface area (Å²) >= 11 is 0. The number of nitrogens with one attached hydrogen (secondary N) is 1. The molecule has 2 fully saturated rings. The molecule has 0 bridgehead atoms. The molecule has 3 heterocycles. The molecule has 0 radical (unpaired) electrons. The summed E-state index contributed by atoms with van der Waals surface area (Å²) in [6.07, 6.45) is 4.33. The van der Waals surface area contributed by atoms with E-state index in [9.17, 15) is 14.3 Å². The van der Waals surface area contributed by atoms with Crippen molar-refractivity contribution < 1.29 is 9.00 Å². The third kappa shape index (κ3) is 6.23. The molecule has 2 saturated heterocycles. The summed E-state index contributed by atoms with van der Waals surface area (Å²) in [5.41, 5.74) is 6.09. The van der Waals surface area contributed by atoms with Gasteiger partial charge in [-0.2, -0.15) is 5.26 Å². The van der Waals surface area contributed by atoms with Crippen molar-refractivity contribution in [1.29, 1.82) is 10.0 Å². The van der Waals surface area contributed by atoms with Crippen LogP contribution in [0.1, 0.15) is 45.7 Å². The van der Waals surface area contributed by atoms with E-state index in [1.165, 1.54) is 6.26 Å². The minimum absolute atomic E-state index is 0.0422. The van der Waals surface area contributed by atoms with E-state index in [4.69, 9.17) is 9.76 Å². The maximum Gasteiger partial charge on any atom is 0.272 e. The zero-order valence-corrected chi connectivity index (χ0v) is 24.9. The lowest BCUT2D eigenvalue weighted by atomic mass is 9.90. The molecule has 0 saturated carbocycles. The molecule has 41 heavy (non-hydrogen) atoms. The summed E-state index contributed by atoms with van der Waals surface area (Å²) in [7, 11) is -2.85. The summed E-state index contributed by atoms with van der Waals surface area (Å²) in [6, 6.07) is 19.6. The van der Waals surface area contributed by atoms with E-state index in [0.29, 0.717) is 42.7 Å². The van der Waals surface area contributed by atoms with Gasteiger partial charge in [0.1, 0.15) is 11.8 Å². The van der Waals surface area contributed by atoms with Gasteiger partial charge in [-0.3, -0.25) is 4.79 Å². The summed E-state index contributed by atoms with van der Waals surface area (Å²) in [5, 5.41) is 9.48. The minimum atomic E-state index is -2.85. The van der Waals surface area contributed by atoms with E-state index in [2.05, 4.69) is 28.9 Å². The van der Waals surface area contributed by atoms with E-state index >= 15 is 0 Å². The van der Waals surface area contributed by atoms with Crippen LogP contribution in [0, 0.1) is 35.9 Å². The molecule has 9 heteroatoms. The molecule has 0 unspecified atom stereocenters. The second-order valence-electron chi connectivity index (χ2n) is 11.3. The maximum absolute atomic E-state index is 13.6. The Morgan fingerprint density at radius 2 is 1.56 bits per heavy atom. The van der Waals surface area contributed by atoms with E-state index in [1.54, 1.807) is 6.07 Å². The molecule has 2 aliphatic heterocycles. The molecule has 0 aliphatic carbocycles. The first-order valence-electron chi connectivity index (χ1n) is 14.2. The number of carbonyl (C=O) groups is 1. The number of piperidine rings is 1. The highest BCUT2D eigenvalue weighted by Crippen LogP contribution is 2.29. The van der Waals surface area contributed by atoms with Crippen LogP contribution in [-0.2, 0) is 16.1 Å². The van der Waals surface area contributed by atoms with Crippen molar-refractivity contribution >= 4 is 27.0 Å². The van der Waals surface area contributed by atoms with Gasteiger partial charge >= 0.3 is 0 Å². The van der Waals surface area contributed by atoms with Gasteiger partial charge in [0.25, 0.3) is 5.91 Å². The largest absolute Gasteiger partial charge is 0.370 e. The normalized spacial score (nSPS) is 17.7. The summed E-state index contributed by atoms with van der Waals surface area (Å²) in [6.45, 7) is 8.16. The molecule has 3 aromatic rings. The lowest BCUT2D eigenvalue weighted by Crippen LogP contribution is -2.49. The van der Waals surface area contributed by atoms with Crippen LogP contribution in [0.5, 0.6) is 0 Å². The number of nitrogens with zero attached hydrogens (tertiary/aromatic N) is 5. The van der Waals surface area contributed by atoms with Crippen LogP contribution in [0.15, 0.2) is 59.5 Å². The molecular weight excluding hydrogens is 532 g/mol. The van der Waals surface area contributed by atoms with Gasteiger partial charge in [0.05, 0.1) is 31.6 Å². The first kappa shape index (κ1) is 28.6. The Bertz CT molecular complexity index is 1580. The monoisotopic (exact) mass is 570 g/mol. The Balaban J connectivity index is 1.24. The lowest BCUT2D eigenvalue weighted by molar-refractivity contribution is 0.0739. The first-order valence-corrected chi connectivity index (χ1v) is 16.2. The number of carbonyl (C=O) groups excluding carboxylic acids is 1.